The topological polar surface area (TPSA) is 90.7 Å². The van der Waals surface area contributed by atoms with Crippen LogP contribution in [0.4, 0.5) is 0 Å². The van der Waals surface area contributed by atoms with Gasteiger partial charge in [-0.15, -0.1) is 0 Å². The second-order valence-electron chi connectivity index (χ2n) is 5.00. The quantitative estimate of drug-likeness (QED) is 0.786. The lowest BCUT2D eigenvalue weighted by atomic mass is 10.1. The van der Waals surface area contributed by atoms with Crippen molar-refractivity contribution in [3.63, 3.8) is 0 Å². The third kappa shape index (κ3) is 3.57. The summed E-state index contributed by atoms with van der Waals surface area (Å²) in [6.45, 7) is 0.158. The van der Waals surface area contributed by atoms with Crippen LogP contribution in [-0.2, 0) is 4.79 Å². The monoisotopic (exact) mass is 388 g/mol. The van der Waals surface area contributed by atoms with Crippen molar-refractivity contribution in [1.29, 1.82) is 0 Å². The molecule has 3 N–H and O–H groups in total. The van der Waals surface area contributed by atoms with E-state index in [9.17, 15) is 9.59 Å². The molecule has 2 amide bonds. The third-order valence-electron chi connectivity index (χ3n) is 3.31. The first-order chi connectivity index (χ1) is 11.5. The molecule has 0 saturated carbocycles. The first kappa shape index (κ1) is 16.1. The molecule has 1 heterocycles. The normalized spacial score (nSPS) is 12.8. The molecule has 24 heavy (non-hydrogen) atoms. The number of rotatable bonds is 4. The smallest absolute Gasteiger partial charge is 0.265 e. The highest BCUT2D eigenvalue weighted by Crippen LogP contribution is 2.33. The summed E-state index contributed by atoms with van der Waals surface area (Å²) in [6, 6.07) is 12.0. The minimum absolute atomic E-state index is 0.0150. The third-order valence-corrected chi connectivity index (χ3v) is 3.80. The van der Waals surface area contributed by atoms with Gasteiger partial charge in [-0.05, 0) is 42.0 Å². The molecule has 2 aromatic rings. The molecule has 1 aliphatic rings. The molecular formula is C17H13BrN2O4. The summed E-state index contributed by atoms with van der Waals surface area (Å²) in [4.78, 5) is 23.9. The number of benzene rings is 2. The van der Waals surface area contributed by atoms with Crippen LogP contribution in [-0.4, -0.2) is 18.6 Å². The summed E-state index contributed by atoms with van der Waals surface area (Å²) in [6.07, 6.45) is 1.49. The summed E-state index contributed by atoms with van der Waals surface area (Å²) in [5, 5.41) is 2.53. The van der Waals surface area contributed by atoms with Crippen LogP contribution >= 0.6 is 15.9 Å². The highest BCUT2D eigenvalue weighted by molar-refractivity contribution is 9.10. The Morgan fingerprint density at radius 1 is 1.12 bits per heavy atom. The summed E-state index contributed by atoms with van der Waals surface area (Å²) in [7, 11) is 0. The van der Waals surface area contributed by atoms with Crippen LogP contribution in [0.25, 0.3) is 6.08 Å². The second kappa shape index (κ2) is 6.76. The van der Waals surface area contributed by atoms with Crippen molar-refractivity contribution in [2.75, 3.05) is 6.79 Å². The number of nitrogens with one attached hydrogen (secondary N) is 1. The lowest BCUT2D eigenvalue weighted by molar-refractivity contribution is -0.114. The largest absolute Gasteiger partial charge is 0.454 e. The van der Waals surface area contributed by atoms with Crippen LogP contribution in [0.2, 0.25) is 0 Å². The van der Waals surface area contributed by atoms with Gasteiger partial charge in [-0.1, -0.05) is 28.1 Å². The maximum absolute atomic E-state index is 12.3. The zero-order valence-electron chi connectivity index (χ0n) is 12.4. The highest BCUT2D eigenvalue weighted by atomic mass is 79.9. The number of ether oxygens (including phenoxy) is 2. The number of halogens is 1. The number of primary amides is 1. The Morgan fingerprint density at radius 2 is 1.92 bits per heavy atom. The maximum Gasteiger partial charge on any atom is 0.265 e. The first-order valence-electron chi connectivity index (χ1n) is 7.01. The van der Waals surface area contributed by atoms with E-state index in [0.29, 0.717) is 22.6 Å². The van der Waals surface area contributed by atoms with Crippen LogP contribution in [0.3, 0.4) is 0 Å². The Balaban J connectivity index is 1.84. The number of hydrogen-bond donors (Lipinski definition) is 2. The van der Waals surface area contributed by atoms with Crippen molar-refractivity contribution in [2.45, 2.75) is 0 Å². The molecule has 0 atom stereocenters. The molecule has 0 spiro atoms. The average Bonchev–Trinajstić information content (AvgIpc) is 3.01. The molecule has 0 radical (unpaired) electrons. The van der Waals surface area contributed by atoms with Crippen LogP contribution in [0.15, 0.2) is 52.6 Å². The lowest BCUT2D eigenvalue weighted by Gasteiger charge is -2.08. The molecule has 3 rings (SSSR count). The number of fused-ring (bicyclic) bond motifs is 1. The van der Waals surface area contributed by atoms with E-state index in [1.54, 1.807) is 42.5 Å². The van der Waals surface area contributed by atoms with Crippen LogP contribution < -0.4 is 20.5 Å². The molecule has 0 aromatic heterocycles. The fourth-order valence-corrected chi connectivity index (χ4v) is 2.56. The second-order valence-corrected chi connectivity index (χ2v) is 5.92. The van der Waals surface area contributed by atoms with Crippen LogP contribution in [0, 0.1) is 0 Å². The molecule has 122 valence electrons. The van der Waals surface area contributed by atoms with E-state index < -0.39 is 11.8 Å². The predicted molar refractivity (Wildman–Crippen MR) is 91.3 cm³/mol. The van der Waals surface area contributed by atoms with Gasteiger partial charge in [0, 0.05) is 10.0 Å². The van der Waals surface area contributed by atoms with E-state index in [0.717, 1.165) is 4.47 Å². The summed E-state index contributed by atoms with van der Waals surface area (Å²) in [5.41, 5.74) is 6.41. The lowest BCUT2D eigenvalue weighted by Crippen LogP contribution is -2.31. The minimum Gasteiger partial charge on any atom is -0.454 e. The van der Waals surface area contributed by atoms with Gasteiger partial charge in [0.2, 0.25) is 6.79 Å². The Labute approximate surface area is 146 Å². The Kier molecular flexibility index (Phi) is 4.52. The van der Waals surface area contributed by atoms with Crippen molar-refractivity contribution < 1.29 is 19.1 Å². The van der Waals surface area contributed by atoms with Crippen molar-refractivity contribution >= 4 is 33.8 Å². The van der Waals surface area contributed by atoms with Gasteiger partial charge >= 0.3 is 0 Å². The number of nitrogens with two attached hydrogens (primary N) is 1. The van der Waals surface area contributed by atoms with Gasteiger partial charge in [0.1, 0.15) is 5.70 Å². The molecule has 0 bridgehead atoms. The van der Waals surface area contributed by atoms with Crippen molar-refractivity contribution in [1.82, 2.24) is 5.32 Å². The van der Waals surface area contributed by atoms with E-state index in [-0.39, 0.29) is 12.5 Å². The molecule has 7 heteroatoms. The number of amides is 2. The standard InChI is InChI=1S/C17H13BrN2O4/c18-12-3-1-2-11(8-12)17(22)20-13(16(19)21)6-10-4-5-14-15(7-10)24-9-23-14/h1-8H,9H2,(H2,19,21)(H,20,22). The van der Waals surface area contributed by atoms with E-state index in [1.165, 1.54) is 6.08 Å². The fraction of sp³-hybridized carbons (Fsp3) is 0.0588. The molecule has 0 unspecified atom stereocenters. The zero-order valence-corrected chi connectivity index (χ0v) is 14.0. The van der Waals surface area contributed by atoms with Crippen molar-refractivity contribution in [2.24, 2.45) is 5.73 Å². The molecule has 2 aromatic carbocycles. The summed E-state index contributed by atoms with van der Waals surface area (Å²) < 4.78 is 11.3. The van der Waals surface area contributed by atoms with Gasteiger partial charge in [0.15, 0.2) is 11.5 Å². The Hall–Kier alpha value is -2.80. The van der Waals surface area contributed by atoms with E-state index in [1.807, 2.05) is 0 Å². The predicted octanol–water partition coefficient (Wildman–Crippen LogP) is 2.43. The van der Waals surface area contributed by atoms with E-state index >= 15 is 0 Å². The van der Waals surface area contributed by atoms with Gasteiger partial charge in [-0.25, -0.2) is 0 Å². The zero-order chi connectivity index (χ0) is 17.1. The van der Waals surface area contributed by atoms with Gasteiger partial charge in [-0.2, -0.15) is 0 Å². The van der Waals surface area contributed by atoms with Gasteiger partial charge < -0.3 is 20.5 Å². The molecule has 0 saturated heterocycles. The average molecular weight is 389 g/mol. The van der Waals surface area contributed by atoms with Crippen LogP contribution in [0.1, 0.15) is 15.9 Å². The minimum atomic E-state index is -0.740. The molecule has 6 nitrogen and oxygen atoms in total. The maximum atomic E-state index is 12.3. The van der Waals surface area contributed by atoms with Gasteiger partial charge in [0.05, 0.1) is 0 Å². The van der Waals surface area contributed by atoms with Gasteiger partial charge in [-0.3, -0.25) is 9.59 Å². The molecule has 0 aliphatic carbocycles. The molecule has 0 fully saturated rings. The van der Waals surface area contributed by atoms with Gasteiger partial charge in [0.25, 0.3) is 11.8 Å². The Morgan fingerprint density at radius 3 is 2.67 bits per heavy atom. The summed E-state index contributed by atoms with van der Waals surface area (Å²) >= 11 is 3.30. The number of hydrogen-bond acceptors (Lipinski definition) is 4. The highest BCUT2D eigenvalue weighted by Gasteiger charge is 2.15. The SMILES string of the molecule is NC(=O)C(=Cc1ccc2c(c1)OCO2)NC(=O)c1cccc(Br)c1. The fourth-order valence-electron chi connectivity index (χ4n) is 2.16. The van der Waals surface area contributed by atoms with Crippen LogP contribution in [0.5, 0.6) is 11.5 Å². The van der Waals surface area contributed by atoms with E-state index in [4.69, 9.17) is 15.2 Å². The first-order valence-corrected chi connectivity index (χ1v) is 7.80. The van der Waals surface area contributed by atoms with Crippen molar-refractivity contribution in [3.8, 4) is 11.5 Å². The van der Waals surface area contributed by atoms with E-state index in [2.05, 4.69) is 21.2 Å². The number of carbonyl (C=O) groups excluding carboxylic acids is 2. The number of carbonyl (C=O) groups is 2. The van der Waals surface area contributed by atoms with Crippen molar-refractivity contribution in [3.05, 3.63) is 63.8 Å². The molecular weight excluding hydrogens is 376 g/mol. The molecule has 1 aliphatic heterocycles. The summed E-state index contributed by atoms with van der Waals surface area (Å²) in [5.74, 6) is 0.0370. The Bertz CT molecular complexity index is 848.